The number of anilines is 1. The van der Waals surface area contributed by atoms with Crippen LogP contribution in [0.1, 0.15) is 32.6 Å². The van der Waals surface area contributed by atoms with Gasteiger partial charge in [0.2, 0.25) is 11.8 Å². The smallest absolute Gasteiger partial charge is 0.239 e. The fourth-order valence-electron chi connectivity index (χ4n) is 2.25. The third kappa shape index (κ3) is 4.43. The maximum Gasteiger partial charge on any atom is 0.239 e. The molecule has 1 aliphatic carbocycles. The standard InChI is InChI=1S/C14H21N3O2/c1-2-19-14-8-7-12(9-16-14)15-10-13(18)17-11-5-3-4-6-11/h7-9,11,15H,2-6,10H2,1H3,(H,17,18). The molecule has 1 aliphatic rings. The molecule has 1 amide bonds. The quantitative estimate of drug-likeness (QED) is 0.823. The highest BCUT2D eigenvalue weighted by Crippen LogP contribution is 2.17. The summed E-state index contributed by atoms with van der Waals surface area (Å²) in [5.41, 5.74) is 0.824. The summed E-state index contributed by atoms with van der Waals surface area (Å²) < 4.78 is 5.26. The van der Waals surface area contributed by atoms with Gasteiger partial charge in [-0.05, 0) is 25.8 Å². The molecular weight excluding hydrogens is 242 g/mol. The number of carbonyl (C=O) groups excluding carboxylic acids is 1. The van der Waals surface area contributed by atoms with E-state index in [1.807, 2.05) is 13.0 Å². The van der Waals surface area contributed by atoms with Crippen molar-refractivity contribution in [1.82, 2.24) is 10.3 Å². The predicted molar refractivity (Wildman–Crippen MR) is 74.3 cm³/mol. The van der Waals surface area contributed by atoms with Crippen molar-refractivity contribution in [3.05, 3.63) is 18.3 Å². The molecule has 1 aromatic heterocycles. The molecular formula is C14H21N3O2. The number of nitrogens with one attached hydrogen (secondary N) is 2. The molecule has 1 heterocycles. The van der Waals surface area contributed by atoms with Gasteiger partial charge in [0, 0.05) is 12.1 Å². The lowest BCUT2D eigenvalue weighted by Gasteiger charge is -2.12. The van der Waals surface area contributed by atoms with Crippen LogP contribution in [0.25, 0.3) is 0 Å². The molecule has 5 nitrogen and oxygen atoms in total. The largest absolute Gasteiger partial charge is 0.478 e. The van der Waals surface area contributed by atoms with Crippen LogP contribution >= 0.6 is 0 Å². The van der Waals surface area contributed by atoms with Gasteiger partial charge in [0.1, 0.15) is 0 Å². The normalized spacial score (nSPS) is 15.2. The zero-order chi connectivity index (χ0) is 13.5. The fraction of sp³-hybridized carbons (Fsp3) is 0.571. The molecule has 5 heteroatoms. The minimum Gasteiger partial charge on any atom is -0.478 e. The second-order valence-electron chi connectivity index (χ2n) is 4.72. The molecule has 1 saturated carbocycles. The molecule has 2 N–H and O–H groups in total. The lowest BCUT2D eigenvalue weighted by atomic mass is 10.2. The van der Waals surface area contributed by atoms with Crippen LogP contribution in [0.4, 0.5) is 5.69 Å². The lowest BCUT2D eigenvalue weighted by molar-refractivity contribution is -0.120. The molecule has 0 radical (unpaired) electrons. The van der Waals surface area contributed by atoms with Crippen LogP contribution in [0.15, 0.2) is 18.3 Å². The van der Waals surface area contributed by atoms with Gasteiger partial charge in [-0.3, -0.25) is 4.79 Å². The minimum atomic E-state index is 0.0424. The van der Waals surface area contributed by atoms with E-state index in [-0.39, 0.29) is 12.5 Å². The van der Waals surface area contributed by atoms with E-state index in [4.69, 9.17) is 4.74 Å². The molecule has 1 fully saturated rings. The molecule has 2 rings (SSSR count). The molecule has 0 saturated heterocycles. The molecule has 1 aromatic rings. The summed E-state index contributed by atoms with van der Waals surface area (Å²) in [6.07, 6.45) is 6.34. The Hall–Kier alpha value is -1.78. The van der Waals surface area contributed by atoms with Crippen molar-refractivity contribution in [2.75, 3.05) is 18.5 Å². The highest BCUT2D eigenvalue weighted by molar-refractivity contribution is 5.80. The average molecular weight is 263 g/mol. The van der Waals surface area contributed by atoms with Gasteiger partial charge < -0.3 is 15.4 Å². The Morgan fingerprint density at radius 1 is 1.42 bits per heavy atom. The summed E-state index contributed by atoms with van der Waals surface area (Å²) in [4.78, 5) is 15.9. The zero-order valence-electron chi connectivity index (χ0n) is 11.3. The van der Waals surface area contributed by atoms with E-state index >= 15 is 0 Å². The number of pyridine rings is 1. The van der Waals surface area contributed by atoms with Gasteiger partial charge in [-0.2, -0.15) is 0 Å². The number of hydrogen-bond donors (Lipinski definition) is 2. The third-order valence-electron chi connectivity index (χ3n) is 3.20. The highest BCUT2D eigenvalue weighted by Gasteiger charge is 2.16. The fourth-order valence-corrected chi connectivity index (χ4v) is 2.25. The number of hydrogen-bond acceptors (Lipinski definition) is 4. The van der Waals surface area contributed by atoms with Gasteiger partial charge in [0.05, 0.1) is 25.0 Å². The molecule has 0 spiro atoms. The SMILES string of the molecule is CCOc1ccc(NCC(=O)NC2CCCC2)cn1. The first-order valence-corrected chi connectivity index (χ1v) is 6.90. The van der Waals surface area contributed by atoms with E-state index in [0.29, 0.717) is 18.5 Å². The second kappa shape index (κ2) is 6.97. The van der Waals surface area contributed by atoms with Gasteiger partial charge in [-0.15, -0.1) is 0 Å². The van der Waals surface area contributed by atoms with Gasteiger partial charge in [-0.25, -0.2) is 4.98 Å². The Morgan fingerprint density at radius 3 is 2.84 bits per heavy atom. The van der Waals surface area contributed by atoms with Crippen molar-refractivity contribution in [3.8, 4) is 5.88 Å². The van der Waals surface area contributed by atoms with Crippen LogP contribution in [0.3, 0.4) is 0 Å². The monoisotopic (exact) mass is 263 g/mol. The van der Waals surface area contributed by atoms with Crippen LogP contribution in [-0.2, 0) is 4.79 Å². The molecule has 104 valence electrons. The number of nitrogens with zero attached hydrogens (tertiary/aromatic N) is 1. The van der Waals surface area contributed by atoms with Crippen molar-refractivity contribution in [2.45, 2.75) is 38.6 Å². The Balaban J connectivity index is 1.73. The van der Waals surface area contributed by atoms with Gasteiger partial charge in [-0.1, -0.05) is 12.8 Å². The van der Waals surface area contributed by atoms with Crippen molar-refractivity contribution < 1.29 is 9.53 Å². The van der Waals surface area contributed by atoms with Crippen molar-refractivity contribution >= 4 is 11.6 Å². The molecule has 0 bridgehead atoms. The maximum atomic E-state index is 11.7. The van der Waals surface area contributed by atoms with Crippen molar-refractivity contribution in [1.29, 1.82) is 0 Å². The Labute approximate surface area is 113 Å². The van der Waals surface area contributed by atoms with E-state index < -0.39 is 0 Å². The molecule has 19 heavy (non-hydrogen) atoms. The van der Waals surface area contributed by atoms with Crippen LogP contribution in [0.5, 0.6) is 5.88 Å². The van der Waals surface area contributed by atoms with Crippen LogP contribution in [-0.4, -0.2) is 30.1 Å². The summed E-state index contributed by atoms with van der Waals surface area (Å²) in [5, 5.41) is 6.09. The van der Waals surface area contributed by atoms with Gasteiger partial charge in [0.25, 0.3) is 0 Å². The average Bonchev–Trinajstić information content (AvgIpc) is 2.91. The van der Waals surface area contributed by atoms with Crippen LogP contribution in [0.2, 0.25) is 0 Å². The maximum absolute atomic E-state index is 11.7. The predicted octanol–water partition coefficient (Wildman–Crippen LogP) is 1.95. The Morgan fingerprint density at radius 2 is 2.21 bits per heavy atom. The topological polar surface area (TPSA) is 63.2 Å². The molecule has 0 unspecified atom stereocenters. The van der Waals surface area contributed by atoms with Crippen molar-refractivity contribution in [3.63, 3.8) is 0 Å². The van der Waals surface area contributed by atoms with E-state index in [2.05, 4.69) is 15.6 Å². The molecule has 0 aromatic carbocycles. The summed E-state index contributed by atoms with van der Waals surface area (Å²) in [6.45, 7) is 2.80. The van der Waals surface area contributed by atoms with E-state index in [0.717, 1.165) is 18.5 Å². The van der Waals surface area contributed by atoms with E-state index in [1.54, 1.807) is 12.3 Å². The number of aromatic nitrogens is 1. The molecule has 0 atom stereocenters. The van der Waals surface area contributed by atoms with Gasteiger partial charge >= 0.3 is 0 Å². The first kappa shape index (κ1) is 13.6. The summed E-state index contributed by atoms with van der Waals surface area (Å²) in [7, 11) is 0. The summed E-state index contributed by atoms with van der Waals surface area (Å²) >= 11 is 0. The number of carbonyl (C=O) groups is 1. The van der Waals surface area contributed by atoms with Gasteiger partial charge in [0.15, 0.2) is 0 Å². The first-order chi connectivity index (χ1) is 9.28. The highest BCUT2D eigenvalue weighted by atomic mass is 16.5. The molecule has 0 aliphatic heterocycles. The number of amides is 1. The summed E-state index contributed by atoms with van der Waals surface area (Å²) in [6, 6.07) is 4.02. The third-order valence-corrected chi connectivity index (χ3v) is 3.20. The zero-order valence-corrected chi connectivity index (χ0v) is 11.3. The van der Waals surface area contributed by atoms with Crippen LogP contribution in [0, 0.1) is 0 Å². The first-order valence-electron chi connectivity index (χ1n) is 6.90. The lowest BCUT2D eigenvalue weighted by Crippen LogP contribution is -2.36. The second-order valence-corrected chi connectivity index (χ2v) is 4.72. The van der Waals surface area contributed by atoms with E-state index in [9.17, 15) is 4.79 Å². The summed E-state index contributed by atoms with van der Waals surface area (Å²) in [5.74, 6) is 0.643. The van der Waals surface area contributed by atoms with Crippen LogP contribution < -0.4 is 15.4 Å². The number of ether oxygens (including phenoxy) is 1. The van der Waals surface area contributed by atoms with Crippen molar-refractivity contribution in [2.24, 2.45) is 0 Å². The Bertz CT molecular complexity index is 400. The number of rotatable bonds is 6. The van der Waals surface area contributed by atoms with E-state index in [1.165, 1.54) is 12.8 Å². The Kier molecular flexibility index (Phi) is 5.01. The minimum absolute atomic E-state index is 0.0424.